The zero-order chi connectivity index (χ0) is 17.6. The first-order valence-electron chi connectivity index (χ1n) is 6.46. The number of benzene rings is 2. The molecule has 0 unspecified atom stereocenters. The van der Waals surface area contributed by atoms with E-state index in [1.807, 2.05) is 0 Å². The lowest BCUT2D eigenvalue weighted by molar-refractivity contribution is 0.527. The topological polar surface area (TPSA) is 81.3 Å². The molecule has 1 aromatic heterocycles. The molecule has 6 nitrogen and oxygen atoms in total. The van der Waals surface area contributed by atoms with Crippen molar-refractivity contribution in [2.24, 2.45) is 7.05 Å². The van der Waals surface area contributed by atoms with Crippen LogP contribution < -0.4 is 10.5 Å². The molecule has 0 atom stereocenters. The third-order valence-electron chi connectivity index (χ3n) is 3.31. The Labute approximate surface area is 151 Å². The number of anilines is 1. The third-order valence-corrected chi connectivity index (χ3v) is 5.69. The highest BCUT2D eigenvalue weighted by Gasteiger charge is 2.22. The molecule has 0 saturated heterocycles. The summed E-state index contributed by atoms with van der Waals surface area (Å²) in [7, 11) is -2.56. The number of aromatic nitrogens is 1. The molecular formula is C14H9Cl3N2O4S. The smallest absolute Gasteiger partial charge is 0.408 e. The largest absolute Gasteiger partial charge is 0.419 e. The van der Waals surface area contributed by atoms with Crippen LogP contribution in [0.25, 0.3) is 11.1 Å². The number of rotatable bonds is 3. The van der Waals surface area contributed by atoms with Crippen LogP contribution in [0.3, 0.4) is 0 Å². The summed E-state index contributed by atoms with van der Waals surface area (Å²) >= 11 is 17.8. The standard InChI is InChI=1S/C14H9Cl3N2O4S/c1-19-11-5-9(17)13(6-12(11)23-14(19)20)24(21,22)18-10-3-2-7(15)4-8(10)16/h2-6,18H,1H3. The van der Waals surface area contributed by atoms with Gasteiger partial charge in [0, 0.05) is 18.1 Å². The zero-order valence-electron chi connectivity index (χ0n) is 12.0. The molecule has 24 heavy (non-hydrogen) atoms. The number of fused-ring (bicyclic) bond motifs is 1. The molecule has 10 heteroatoms. The van der Waals surface area contributed by atoms with Gasteiger partial charge in [0.1, 0.15) is 4.90 Å². The van der Waals surface area contributed by atoms with Crippen LogP contribution in [0.2, 0.25) is 15.1 Å². The van der Waals surface area contributed by atoms with Crippen LogP contribution in [0.15, 0.2) is 44.4 Å². The van der Waals surface area contributed by atoms with Gasteiger partial charge in [-0.05, 0) is 24.3 Å². The number of hydrogen-bond donors (Lipinski definition) is 1. The molecular weight excluding hydrogens is 399 g/mol. The summed E-state index contributed by atoms with van der Waals surface area (Å²) in [6, 6.07) is 6.86. The van der Waals surface area contributed by atoms with E-state index in [4.69, 9.17) is 39.2 Å². The average molecular weight is 408 g/mol. The van der Waals surface area contributed by atoms with E-state index < -0.39 is 15.8 Å². The number of halogens is 3. The summed E-state index contributed by atoms with van der Waals surface area (Å²) < 4.78 is 33.7. The predicted molar refractivity (Wildman–Crippen MR) is 93.7 cm³/mol. The van der Waals surface area contributed by atoms with Crippen molar-refractivity contribution < 1.29 is 12.8 Å². The summed E-state index contributed by atoms with van der Waals surface area (Å²) in [4.78, 5) is 11.3. The summed E-state index contributed by atoms with van der Waals surface area (Å²) in [5, 5.41) is 0.444. The van der Waals surface area contributed by atoms with Crippen molar-refractivity contribution in [2.75, 3.05) is 4.72 Å². The molecule has 3 aromatic rings. The number of oxazole rings is 1. The molecule has 0 fully saturated rings. The Balaban J connectivity index is 2.11. The molecule has 2 aromatic carbocycles. The van der Waals surface area contributed by atoms with Gasteiger partial charge in [0.25, 0.3) is 10.0 Å². The summed E-state index contributed by atoms with van der Waals surface area (Å²) in [6.07, 6.45) is 0. The highest BCUT2D eigenvalue weighted by molar-refractivity contribution is 7.92. The molecule has 0 bridgehead atoms. The first-order chi connectivity index (χ1) is 11.2. The van der Waals surface area contributed by atoms with Gasteiger partial charge in [0.05, 0.1) is 21.2 Å². The Kier molecular flexibility index (Phi) is 4.29. The number of sulfonamides is 1. The Bertz CT molecular complexity index is 1120. The van der Waals surface area contributed by atoms with E-state index in [1.54, 1.807) is 0 Å². The van der Waals surface area contributed by atoms with Crippen molar-refractivity contribution in [1.82, 2.24) is 4.57 Å². The Morgan fingerprint density at radius 3 is 2.46 bits per heavy atom. The lowest BCUT2D eigenvalue weighted by Gasteiger charge is -2.11. The van der Waals surface area contributed by atoms with Crippen molar-refractivity contribution in [3.63, 3.8) is 0 Å². The van der Waals surface area contributed by atoms with Gasteiger partial charge in [-0.1, -0.05) is 34.8 Å². The number of nitrogens with one attached hydrogen (secondary N) is 1. The zero-order valence-corrected chi connectivity index (χ0v) is 15.1. The second-order valence-corrected chi connectivity index (χ2v) is 7.81. The van der Waals surface area contributed by atoms with Gasteiger partial charge in [-0.2, -0.15) is 0 Å². The monoisotopic (exact) mass is 406 g/mol. The van der Waals surface area contributed by atoms with E-state index in [2.05, 4.69) is 4.72 Å². The molecule has 0 saturated carbocycles. The molecule has 1 heterocycles. The molecule has 0 spiro atoms. The van der Waals surface area contributed by atoms with E-state index >= 15 is 0 Å². The second-order valence-electron chi connectivity index (χ2n) is 4.91. The number of aryl methyl sites for hydroxylation is 1. The Hall–Kier alpha value is -1.67. The molecule has 3 rings (SSSR count). The van der Waals surface area contributed by atoms with Crippen molar-refractivity contribution >= 4 is 61.6 Å². The summed E-state index contributed by atoms with van der Waals surface area (Å²) in [5.41, 5.74) is 0.634. The molecule has 0 aliphatic rings. The van der Waals surface area contributed by atoms with E-state index in [-0.39, 0.29) is 26.2 Å². The van der Waals surface area contributed by atoms with Crippen LogP contribution in [-0.4, -0.2) is 13.0 Å². The second kappa shape index (κ2) is 6.00. The lowest BCUT2D eigenvalue weighted by atomic mass is 10.3. The van der Waals surface area contributed by atoms with Gasteiger partial charge in [-0.15, -0.1) is 0 Å². The SMILES string of the molecule is Cn1c(=O)oc2cc(S(=O)(=O)Nc3ccc(Cl)cc3Cl)c(Cl)cc21. The van der Waals surface area contributed by atoms with Gasteiger partial charge in [-0.25, -0.2) is 13.2 Å². The average Bonchev–Trinajstić information content (AvgIpc) is 2.76. The van der Waals surface area contributed by atoms with Crippen LogP contribution in [0, 0.1) is 0 Å². The van der Waals surface area contributed by atoms with Gasteiger partial charge < -0.3 is 4.42 Å². The predicted octanol–water partition coefficient (Wildman–Crippen LogP) is 3.89. The quantitative estimate of drug-likeness (QED) is 0.714. The Morgan fingerprint density at radius 1 is 1.08 bits per heavy atom. The highest BCUT2D eigenvalue weighted by atomic mass is 35.5. The van der Waals surface area contributed by atoms with Crippen LogP contribution in [0.5, 0.6) is 0 Å². The van der Waals surface area contributed by atoms with Crippen molar-refractivity contribution in [2.45, 2.75) is 4.90 Å². The fourth-order valence-corrected chi connectivity index (χ4v) is 4.24. The van der Waals surface area contributed by atoms with Crippen LogP contribution in [0.4, 0.5) is 5.69 Å². The molecule has 0 aliphatic carbocycles. The minimum Gasteiger partial charge on any atom is -0.408 e. The van der Waals surface area contributed by atoms with E-state index in [9.17, 15) is 13.2 Å². The fourth-order valence-electron chi connectivity index (χ4n) is 2.11. The van der Waals surface area contributed by atoms with Gasteiger partial charge in [-0.3, -0.25) is 9.29 Å². The van der Waals surface area contributed by atoms with Gasteiger partial charge in [0.15, 0.2) is 5.58 Å². The minimum atomic E-state index is -4.06. The van der Waals surface area contributed by atoms with E-state index in [0.717, 1.165) is 0 Å². The van der Waals surface area contributed by atoms with Crippen LogP contribution in [0.1, 0.15) is 0 Å². The van der Waals surface area contributed by atoms with E-state index in [0.29, 0.717) is 10.5 Å². The van der Waals surface area contributed by atoms with Crippen molar-refractivity contribution in [3.8, 4) is 0 Å². The fraction of sp³-hybridized carbons (Fsp3) is 0.0714. The molecule has 0 aliphatic heterocycles. The molecule has 126 valence electrons. The first kappa shape index (κ1) is 17.2. The maximum Gasteiger partial charge on any atom is 0.419 e. The third kappa shape index (κ3) is 3.00. The minimum absolute atomic E-state index is 0.0588. The molecule has 0 amide bonds. The van der Waals surface area contributed by atoms with Gasteiger partial charge in [0.2, 0.25) is 0 Å². The molecule has 0 radical (unpaired) electrons. The van der Waals surface area contributed by atoms with Crippen molar-refractivity contribution in [1.29, 1.82) is 0 Å². The normalized spacial score (nSPS) is 11.8. The van der Waals surface area contributed by atoms with E-state index in [1.165, 1.54) is 41.9 Å². The van der Waals surface area contributed by atoms with Gasteiger partial charge >= 0.3 is 5.76 Å². The number of hydrogen-bond acceptors (Lipinski definition) is 4. The van der Waals surface area contributed by atoms with Crippen molar-refractivity contribution in [3.05, 3.63) is 56.0 Å². The molecule has 1 N–H and O–H groups in total. The lowest BCUT2D eigenvalue weighted by Crippen LogP contribution is -2.14. The Morgan fingerprint density at radius 2 is 1.79 bits per heavy atom. The maximum atomic E-state index is 12.6. The van der Waals surface area contributed by atoms with Crippen LogP contribution in [-0.2, 0) is 17.1 Å². The van der Waals surface area contributed by atoms with Crippen LogP contribution >= 0.6 is 34.8 Å². The summed E-state index contributed by atoms with van der Waals surface area (Å²) in [5.74, 6) is -0.621. The maximum absolute atomic E-state index is 12.6. The first-order valence-corrected chi connectivity index (χ1v) is 9.08. The highest BCUT2D eigenvalue weighted by Crippen LogP contribution is 2.31. The summed E-state index contributed by atoms with van der Waals surface area (Å²) in [6.45, 7) is 0. The number of nitrogens with zero attached hydrogens (tertiary/aromatic N) is 1.